The maximum atomic E-state index is 5.44. The summed E-state index contributed by atoms with van der Waals surface area (Å²) in [5.41, 5.74) is 3.72. The van der Waals surface area contributed by atoms with Gasteiger partial charge < -0.3 is 15.0 Å². The Morgan fingerprint density at radius 3 is 2.74 bits per heavy atom. The van der Waals surface area contributed by atoms with E-state index in [0.717, 1.165) is 44.0 Å². The van der Waals surface area contributed by atoms with Crippen LogP contribution < -0.4 is 10.1 Å². The van der Waals surface area contributed by atoms with E-state index in [1.54, 1.807) is 13.3 Å². The topological polar surface area (TPSA) is 49.9 Å². The van der Waals surface area contributed by atoms with Crippen LogP contribution in [0.1, 0.15) is 0 Å². The van der Waals surface area contributed by atoms with E-state index in [1.165, 1.54) is 0 Å². The average molecular weight is 321 g/mol. The van der Waals surface area contributed by atoms with Gasteiger partial charge in [-0.2, -0.15) is 0 Å². The Balaban J connectivity index is 1.95. The monoisotopic (exact) mass is 321 g/mol. The zero-order chi connectivity index (χ0) is 15.8. The van der Waals surface area contributed by atoms with Crippen LogP contribution in [0, 0.1) is 0 Å². The quantitative estimate of drug-likeness (QED) is 0.477. The number of nitrogens with one attached hydrogen (secondary N) is 2. The molecule has 4 aromatic rings. The van der Waals surface area contributed by atoms with Crippen molar-refractivity contribution >= 4 is 45.9 Å². The van der Waals surface area contributed by atoms with Gasteiger partial charge >= 0.3 is 0 Å². The summed E-state index contributed by atoms with van der Waals surface area (Å²) in [4.78, 5) is 8.69. The molecule has 0 bridgehead atoms. The molecular weight excluding hydrogens is 306 g/mol. The molecule has 0 radical (unpaired) electrons. The molecule has 23 heavy (non-hydrogen) atoms. The molecule has 0 aliphatic carbocycles. The number of methoxy groups -OCH3 is 1. The molecule has 0 atom stereocenters. The second-order valence-corrected chi connectivity index (χ2v) is 5.71. The highest BCUT2D eigenvalue weighted by Gasteiger charge is 2.13. The highest BCUT2D eigenvalue weighted by molar-refractivity contribution is 7.80. The Kier molecular flexibility index (Phi) is 3.35. The summed E-state index contributed by atoms with van der Waals surface area (Å²) in [5, 5.41) is 5.57. The minimum atomic E-state index is 0.807. The molecule has 5 heteroatoms. The molecule has 0 unspecified atom stereocenters. The first-order valence-electron chi connectivity index (χ1n) is 7.26. The molecule has 2 heterocycles. The number of aromatic nitrogens is 2. The largest absolute Gasteiger partial charge is 0.495 e. The number of para-hydroxylation sites is 2. The molecule has 0 spiro atoms. The second kappa shape index (κ2) is 5.52. The lowest BCUT2D eigenvalue weighted by molar-refractivity contribution is 0.419. The standard InChI is InChI=1S/C18H15N3OS/c1-22-14-7-4-5-11-16-13(9-10-19-18(16)21-17(11)14)20-12-6-2-3-8-15(12)23/h2-10,23H,1H3,(H2,19,20,21). The lowest BCUT2D eigenvalue weighted by Gasteiger charge is -2.10. The summed E-state index contributed by atoms with van der Waals surface area (Å²) < 4.78 is 5.44. The number of anilines is 2. The molecular formula is C18H15N3OS. The fourth-order valence-electron chi connectivity index (χ4n) is 2.81. The number of hydrogen-bond acceptors (Lipinski definition) is 4. The molecule has 0 saturated heterocycles. The minimum Gasteiger partial charge on any atom is -0.495 e. The number of benzene rings is 2. The van der Waals surface area contributed by atoms with Gasteiger partial charge in [0.2, 0.25) is 0 Å². The van der Waals surface area contributed by atoms with Gasteiger partial charge in [-0.05, 0) is 24.3 Å². The van der Waals surface area contributed by atoms with Gasteiger partial charge in [0.25, 0.3) is 0 Å². The third-order valence-electron chi connectivity index (χ3n) is 3.88. The van der Waals surface area contributed by atoms with Crippen LogP contribution in [-0.4, -0.2) is 17.1 Å². The van der Waals surface area contributed by atoms with E-state index in [0.29, 0.717) is 0 Å². The first kappa shape index (κ1) is 14.0. The van der Waals surface area contributed by atoms with Crippen LogP contribution in [0.2, 0.25) is 0 Å². The zero-order valence-corrected chi connectivity index (χ0v) is 13.4. The molecule has 2 aromatic carbocycles. The van der Waals surface area contributed by atoms with Gasteiger partial charge in [-0.3, -0.25) is 0 Å². The van der Waals surface area contributed by atoms with E-state index in [2.05, 4.69) is 34.0 Å². The number of nitrogens with zero attached hydrogens (tertiary/aromatic N) is 1. The Bertz CT molecular complexity index is 1010. The number of pyridine rings is 1. The number of aromatic amines is 1. The maximum Gasteiger partial charge on any atom is 0.142 e. The van der Waals surface area contributed by atoms with E-state index in [4.69, 9.17) is 4.74 Å². The van der Waals surface area contributed by atoms with Crippen LogP contribution in [0.15, 0.2) is 59.6 Å². The highest BCUT2D eigenvalue weighted by Crippen LogP contribution is 2.36. The number of H-pyrrole nitrogens is 1. The summed E-state index contributed by atoms with van der Waals surface area (Å²) in [5.74, 6) is 0.807. The van der Waals surface area contributed by atoms with Crippen LogP contribution in [0.3, 0.4) is 0 Å². The molecule has 4 nitrogen and oxygen atoms in total. The van der Waals surface area contributed by atoms with E-state index in [1.807, 2.05) is 42.5 Å². The minimum absolute atomic E-state index is 0.807. The Hall–Kier alpha value is -2.66. The summed E-state index contributed by atoms with van der Waals surface area (Å²) in [6.07, 6.45) is 1.79. The number of rotatable bonds is 3. The van der Waals surface area contributed by atoms with Crippen molar-refractivity contribution in [2.75, 3.05) is 12.4 Å². The molecule has 0 saturated carbocycles. The van der Waals surface area contributed by atoms with Crippen LogP contribution in [0.5, 0.6) is 5.75 Å². The number of hydrogen-bond donors (Lipinski definition) is 3. The molecule has 0 fully saturated rings. The Morgan fingerprint density at radius 1 is 1.04 bits per heavy atom. The third-order valence-corrected chi connectivity index (χ3v) is 4.27. The molecule has 0 aliphatic heterocycles. The fourth-order valence-corrected chi connectivity index (χ4v) is 3.03. The highest BCUT2D eigenvalue weighted by atomic mass is 32.1. The number of fused-ring (bicyclic) bond motifs is 3. The summed E-state index contributed by atoms with van der Waals surface area (Å²) in [7, 11) is 1.67. The smallest absolute Gasteiger partial charge is 0.142 e. The van der Waals surface area contributed by atoms with E-state index < -0.39 is 0 Å². The SMILES string of the molecule is COc1cccc2c1[nH]c1nccc(Nc3ccccc3S)c12. The number of thiol groups is 1. The Morgan fingerprint density at radius 2 is 1.91 bits per heavy atom. The van der Waals surface area contributed by atoms with Crippen molar-refractivity contribution in [1.29, 1.82) is 0 Å². The predicted molar refractivity (Wildman–Crippen MR) is 97.1 cm³/mol. The molecule has 4 rings (SSSR count). The van der Waals surface area contributed by atoms with Crippen LogP contribution in [-0.2, 0) is 0 Å². The lowest BCUT2D eigenvalue weighted by atomic mass is 10.1. The summed E-state index contributed by atoms with van der Waals surface area (Å²) in [6, 6.07) is 15.9. The summed E-state index contributed by atoms with van der Waals surface area (Å²) >= 11 is 4.51. The van der Waals surface area contributed by atoms with Crippen LogP contribution in [0.25, 0.3) is 21.9 Å². The van der Waals surface area contributed by atoms with Crippen molar-refractivity contribution in [3.63, 3.8) is 0 Å². The van der Waals surface area contributed by atoms with E-state index >= 15 is 0 Å². The van der Waals surface area contributed by atoms with Gasteiger partial charge in [-0.15, -0.1) is 12.6 Å². The molecule has 0 aliphatic rings. The predicted octanol–water partition coefficient (Wildman–Crippen LogP) is 4.76. The van der Waals surface area contributed by atoms with Gasteiger partial charge in [0.15, 0.2) is 0 Å². The van der Waals surface area contributed by atoms with Gasteiger partial charge in [0.05, 0.1) is 29.4 Å². The van der Waals surface area contributed by atoms with E-state index in [-0.39, 0.29) is 0 Å². The normalized spacial score (nSPS) is 11.0. The fraction of sp³-hybridized carbons (Fsp3) is 0.0556. The number of ether oxygens (including phenoxy) is 1. The first-order valence-corrected chi connectivity index (χ1v) is 7.71. The van der Waals surface area contributed by atoms with Crippen molar-refractivity contribution < 1.29 is 4.74 Å². The lowest BCUT2D eigenvalue weighted by Crippen LogP contribution is -1.92. The summed E-state index contributed by atoms with van der Waals surface area (Å²) in [6.45, 7) is 0. The van der Waals surface area contributed by atoms with E-state index in [9.17, 15) is 0 Å². The van der Waals surface area contributed by atoms with Crippen molar-refractivity contribution in [2.45, 2.75) is 4.90 Å². The second-order valence-electron chi connectivity index (χ2n) is 5.23. The van der Waals surface area contributed by atoms with Gasteiger partial charge in [-0.25, -0.2) is 4.98 Å². The van der Waals surface area contributed by atoms with Crippen molar-refractivity contribution in [1.82, 2.24) is 9.97 Å². The molecule has 2 aromatic heterocycles. The third kappa shape index (κ3) is 2.29. The van der Waals surface area contributed by atoms with Crippen LogP contribution in [0.4, 0.5) is 11.4 Å². The molecule has 2 N–H and O–H groups in total. The molecule has 0 amide bonds. The Labute approximate surface area is 138 Å². The van der Waals surface area contributed by atoms with Gasteiger partial charge in [0.1, 0.15) is 11.4 Å². The van der Waals surface area contributed by atoms with Crippen molar-refractivity contribution in [2.24, 2.45) is 0 Å². The average Bonchev–Trinajstić information content (AvgIpc) is 2.96. The molecule has 114 valence electrons. The van der Waals surface area contributed by atoms with Gasteiger partial charge in [0, 0.05) is 16.5 Å². The first-order chi connectivity index (χ1) is 11.3. The van der Waals surface area contributed by atoms with Crippen molar-refractivity contribution in [3.8, 4) is 5.75 Å². The van der Waals surface area contributed by atoms with Crippen LogP contribution >= 0.6 is 12.6 Å². The zero-order valence-electron chi connectivity index (χ0n) is 12.5. The van der Waals surface area contributed by atoms with Crippen molar-refractivity contribution in [3.05, 3.63) is 54.7 Å². The maximum absolute atomic E-state index is 5.44. The van der Waals surface area contributed by atoms with Gasteiger partial charge in [-0.1, -0.05) is 24.3 Å².